The molecule has 96 valence electrons. The molecule has 3 rings (SSSR count). The predicted molar refractivity (Wildman–Crippen MR) is 73.1 cm³/mol. The van der Waals surface area contributed by atoms with E-state index in [9.17, 15) is 0 Å². The molecule has 1 saturated heterocycles. The lowest BCUT2D eigenvalue weighted by Gasteiger charge is -2.22. The predicted octanol–water partition coefficient (Wildman–Crippen LogP) is 2.74. The van der Waals surface area contributed by atoms with Gasteiger partial charge in [-0.15, -0.1) is 5.10 Å². The van der Waals surface area contributed by atoms with E-state index in [0.29, 0.717) is 16.0 Å². The number of rotatable bonds is 2. The lowest BCUT2D eigenvalue weighted by atomic mass is 9.98. The van der Waals surface area contributed by atoms with Crippen molar-refractivity contribution in [3.05, 3.63) is 22.2 Å². The van der Waals surface area contributed by atoms with Gasteiger partial charge in [-0.2, -0.15) is 0 Å². The molecule has 18 heavy (non-hydrogen) atoms. The van der Waals surface area contributed by atoms with Crippen LogP contribution >= 0.6 is 23.2 Å². The van der Waals surface area contributed by atoms with E-state index >= 15 is 0 Å². The molecule has 1 N–H and O–H groups in total. The number of piperidine rings is 1. The quantitative estimate of drug-likeness (QED) is 0.922. The maximum atomic E-state index is 6.05. The largest absolute Gasteiger partial charge is 0.317 e. The fourth-order valence-corrected chi connectivity index (χ4v) is 2.72. The molecular formula is C12H14Cl2N4. The van der Waals surface area contributed by atoms with Crippen molar-refractivity contribution in [2.24, 2.45) is 5.92 Å². The minimum Gasteiger partial charge on any atom is -0.317 e. The third-order valence-corrected chi connectivity index (χ3v) is 4.17. The normalized spacial score (nSPS) is 17.4. The number of nitrogens with zero attached hydrogens (tertiary/aromatic N) is 3. The van der Waals surface area contributed by atoms with Gasteiger partial charge >= 0.3 is 0 Å². The van der Waals surface area contributed by atoms with E-state index in [-0.39, 0.29) is 0 Å². The second-order valence-corrected chi connectivity index (χ2v) is 5.53. The highest BCUT2D eigenvalue weighted by Gasteiger charge is 2.16. The van der Waals surface area contributed by atoms with E-state index in [0.717, 1.165) is 30.7 Å². The summed E-state index contributed by atoms with van der Waals surface area (Å²) < 4.78 is 1.94. The van der Waals surface area contributed by atoms with E-state index in [4.69, 9.17) is 23.2 Å². The monoisotopic (exact) mass is 284 g/mol. The summed E-state index contributed by atoms with van der Waals surface area (Å²) in [6.45, 7) is 3.07. The fourth-order valence-electron chi connectivity index (χ4n) is 2.41. The molecule has 0 spiro atoms. The number of benzene rings is 1. The summed E-state index contributed by atoms with van der Waals surface area (Å²) in [6, 6.07) is 3.62. The number of fused-ring (bicyclic) bond motifs is 1. The molecule has 0 atom stereocenters. The molecule has 0 bridgehead atoms. The van der Waals surface area contributed by atoms with E-state index in [1.165, 1.54) is 12.8 Å². The highest BCUT2D eigenvalue weighted by molar-refractivity contribution is 6.42. The Bertz CT molecular complexity index is 560. The molecule has 1 aliphatic heterocycles. The molecule has 6 heteroatoms. The van der Waals surface area contributed by atoms with Gasteiger partial charge in [0.1, 0.15) is 5.52 Å². The van der Waals surface area contributed by atoms with Crippen LogP contribution in [0.15, 0.2) is 12.1 Å². The van der Waals surface area contributed by atoms with Crippen LogP contribution in [-0.4, -0.2) is 28.1 Å². The van der Waals surface area contributed by atoms with Crippen molar-refractivity contribution in [3.63, 3.8) is 0 Å². The molecule has 0 aliphatic carbocycles. The Labute approximate surface area is 115 Å². The molecule has 1 aliphatic rings. The molecule has 0 unspecified atom stereocenters. The molecule has 4 nitrogen and oxygen atoms in total. The minimum absolute atomic E-state index is 0.526. The van der Waals surface area contributed by atoms with Crippen molar-refractivity contribution < 1.29 is 0 Å². The van der Waals surface area contributed by atoms with Gasteiger partial charge in [-0.25, -0.2) is 4.68 Å². The molecule has 0 amide bonds. The van der Waals surface area contributed by atoms with Crippen LogP contribution in [0.25, 0.3) is 11.0 Å². The molecule has 0 saturated carbocycles. The Morgan fingerprint density at radius 2 is 1.94 bits per heavy atom. The molecule has 0 radical (unpaired) electrons. The van der Waals surface area contributed by atoms with Crippen LogP contribution in [0.5, 0.6) is 0 Å². The number of nitrogens with one attached hydrogen (secondary N) is 1. The van der Waals surface area contributed by atoms with Gasteiger partial charge in [0.15, 0.2) is 0 Å². The minimum atomic E-state index is 0.526. The Morgan fingerprint density at radius 1 is 1.22 bits per heavy atom. The van der Waals surface area contributed by atoms with Gasteiger partial charge < -0.3 is 5.32 Å². The van der Waals surface area contributed by atoms with Gasteiger partial charge in [-0.05, 0) is 44.0 Å². The van der Waals surface area contributed by atoms with Gasteiger partial charge in [0, 0.05) is 6.54 Å². The third-order valence-electron chi connectivity index (χ3n) is 3.45. The topological polar surface area (TPSA) is 42.7 Å². The second kappa shape index (κ2) is 5.03. The summed E-state index contributed by atoms with van der Waals surface area (Å²) in [5.74, 6) is 0.658. The second-order valence-electron chi connectivity index (χ2n) is 4.72. The van der Waals surface area contributed by atoms with Gasteiger partial charge in [0.2, 0.25) is 0 Å². The number of halogens is 2. The first-order valence-electron chi connectivity index (χ1n) is 6.13. The number of hydrogen-bond donors (Lipinski definition) is 1. The highest BCUT2D eigenvalue weighted by atomic mass is 35.5. The lowest BCUT2D eigenvalue weighted by molar-refractivity contribution is 0.322. The van der Waals surface area contributed by atoms with Crippen LogP contribution in [0.2, 0.25) is 10.0 Å². The fraction of sp³-hybridized carbons (Fsp3) is 0.500. The molecule has 1 fully saturated rings. The van der Waals surface area contributed by atoms with Gasteiger partial charge in [0.25, 0.3) is 0 Å². The van der Waals surface area contributed by atoms with Crippen molar-refractivity contribution in [2.45, 2.75) is 19.4 Å². The molecular weight excluding hydrogens is 271 g/mol. The molecule has 1 aromatic carbocycles. The van der Waals surface area contributed by atoms with E-state index < -0.39 is 0 Å². The number of aromatic nitrogens is 3. The van der Waals surface area contributed by atoms with Crippen LogP contribution in [0.1, 0.15) is 12.8 Å². The molecule has 2 aromatic rings. The van der Waals surface area contributed by atoms with Crippen LogP contribution in [0.4, 0.5) is 0 Å². The smallest absolute Gasteiger partial charge is 0.114 e. The maximum absolute atomic E-state index is 6.05. The maximum Gasteiger partial charge on any atom is 0.114 e. The summed E-state index contributed by atoms with van der Waals surface area (Å²) >= 11 is 12.0. The van der Waals surface area contributed by atoms with Gasteiger partial charge in [-0.1, -0.05) is 28.4 Å². The standard InChI is InChI=1S/C12H14Cl2N4/c13-9-5-11-12(6-10(9)14)18(17-16-11)7-8-1-3-15-4-2-8/h5-6,8,15H,1-4,7H2. The first-order valence-corrected chi connectivity index (χ1v) is 6.88. The lowest BCUT2D eigenvalue weighted by Crippen LogP contribution is -2.30. The first kappa shape index (κ1) is 12.2. The van der Waals surface area contributed by atoms with Gasteiger partial charge in [0.05, 0.1) is 15.6 Å². The SMILES string of the molecule is Clc1cc2nnn(CC3CCNCC3)c2cc1Cl. The third kappa shape index (κ3) is 2.32. The zero-order valence-corrected chi connectivity index (χ0v) is 11.4. The zero-order valence-electron chi connectivity index (χ0n) is 9.87. The highest BCUT2D eigenvalue weighted by Crippen LogP contribution is 2.27. The van der Waals surface area contributed by atoms with Gasteiger partial charge in [-0.3, -0.25) is 0 Å². The van der Waals surface area contributed by atoms with Crippen molar-refractivity contribution in [2.75, 3.05) is 13.1 Å². The summed E-state index contributed by atoms with van der Waals surface area (Å²) in [6.07, 6.45) is 2.37. The average Bonchev–Trinajstić information content (AvgIpc) is 2.74. The Morgan fingerprint density at radius 3 is 2.72 bits per heavy atom. The number of hydrogen-bond acceptors (Lipinski definition) is 3. The Balaban J connectivity index is 1.89. The summed E-state index contributed by atoms with van der Waals surface area (Å²) in [5.41, 5.74) is 1.77. The van der Waals surface area contributed by atoms with Crippen molar-refractivity contribution in [1.82, 2.24) is 20.3 Å². The Kier molecular flexibility index (Phi) is 3.41. The summed E-state index contributed by atoms with van der Waals surface area (Å²) in [7, 11) is 0. The summed E-state index contributed by atoms with van der Waals surface area (Å²) in [4.78, 5) is 0. The average molecular weight is 285 g/mol. The molecule has 2 heterocycles. The van der Waals surface area contributed by atoms with E-state index in [1.807, 2.05) is 10.7 Å². The van der Waals surface area contributed by atoms with E-state index in [2.05, 4.69) is 15.6 Å². The van der Waals surface area contributed by atoms with Crippen LogP contribution in [-0.2, 0) is 6.54 Å². The Hall–Kier alpha value is -0.840. The molecule has 1 aromatic heterocycles. The zero-order chi connectivity index (χ0) is 12.5. The van der Waals surface area contributed by atoms with E-state index in [1.54, 1.807) is 6.07 Å². The van der Waals surface area contributed by atoms with Crippen molar-refractivity contribution in [3.8, 4) is 0 Å². The first-order chi connectivity index (χ1) is 8.74. The van der Waals surface area contributed by atoms with Crippen molar-refractivity contribution >= 4 is 34.2 Å². The van der Waals surface area contributed by atoms with Crippen LogP contribution < -0.4 is 5.32 Å². The van der Waals surface area contributed by atoms with Crippen molar-refractivity contribution in [1.29, 1.82) is 0 Å². The summed E-state index contributed by atoms with van der Waals surface area (Å²) in [5, 5.41) is 12.8. The van der Waals surface area contributed by atoms with Crippen LogP contribution in [0.3, 0.4) is 0 Å². The van der Waals surface area contributed by atoms with Crippen LogP contribution in [0, 0.1) is 5.92 Å².